The zero-order valence-electron chi connectivity index (χ0n) is 9.97. The fraction of sp³-hybridized carbons (Fsp3) is 0.250. The van der Waals surface area contributed by atoms with E-state index < -0.39 is 11.6 Å². The van der Waals surface area contributed by atoms with E-state index in [1.807, 2.05) is 18.7 Å². The molecular formula is C12H12BrF2N3. The maximum Gasteiger partial charge on any atom is 0.159 e. The third kappa shape index (κ3) is 2.30. The van der Waals surface area contributed by atoms with E-state index in [9.17, 15) is 8.78 Å². The summed E-state index contributed by atoms with van der Waals surface area (Å²) in [5.74, 6) is -0.925. The molecule has 1 aromatic carbocycles. The van der Waals surface area contributed by atoms with Crippen molar-refractivity contribution in [3.63, 3.8) is 0 Å². The Hall–Kier alpha value is -1.27. The first kappa shape index (κ1) is 13.2. The SMILES string of the molecule is CNCc1nc(-c2ccc(F)c(F)c2)c(Br)n1C. The number of nitrogens with one attached hydrogen (secondary N) is 1. The predicted octanol–water partition coefficient (Wildman–Crippen LogP) is 2.85. The number of nitrogens with zero attached hydrogens (tertiary/aromatic N) is 2. The van der Waals surface area contributed by atoms with Gasteiger partial charge in [0, 0.05) is 12.6 Å². The van der Waals surface area contributed by atoms with Crippen molar-refractivity contribution >= 4 is 15.9 Å². The molecule has 1 aromatic heterocycles. The molecule has 3 nitrogen and oxygen atoms in total. The number of hydrogen-bond donors (Lipinski definition) is 1. The Balaban J connectivity index is 2.50. The molecule has 0 saturated heterocycles. The summed E-state index contributed by atoms with van der Waals surface area (Å²) < 4.78 is 28.7. The van der Waals surface area contributed by atoms with Gasteiger partial charge in [-0.05, 0) is 41.2 Å². The van der Waals surface area contributed by atoms with E-state index in [0.717, 1.165) is 22.6 Å². The molecule has 0 aliphatic rings. The van der Waals surface area contributed by atoms with E-state index in [4.69, 9.17) is 0 Å². The molecule has 2 rings (SSSR count). The molecule has 0 bridgehead atoms. The van der Waals surface area contributed by atoms with E-state index >= 15 is 0 Å². The first-order valence-electron chi connectivity index (χ1n) is 5.35. The standard InChI is InChI=1S/C12H12BrF2N3/c1-16-6-10-17-11(12(13)18(10)2)7-3-4-8(14)9(15)5-7/h3-5,16H,6H2,1-2H3. The highest BCUT2D eigenvalue weighted by molar-refractivity contribution is 9.10. The number of benzene rings is 1. The summed E-state index contributed by atoms with van der Waals surface area (Å²) in [6.07, 6.45) is 0. The van der Waals surface area contributed by atoms with Gasteiger partial charge in [0.25, 0.3) is 0 Å². The first-order valence-corrected chi connectivity index (χ1v) is 6.15. The van der Waals surface area contributed by atoms with Crippen LogP contribution in [0.3, 0.4) is 0 Å². The molecule has 0 saturated carbocycles. The fourth-order valence-electron chi connectivity index (χ4n) is 1.67. The highest BCUT2D eigenvalue weighted by atomic mass is 79.9. The Kier molecular flexibility index (Phi) is 3.77. The van der Waals surface area contributed by atoms with Crippen LogP contribution in [-0.4, -0.2) is 16.6 Å². The molecule has 0 fully saturated rings. The lowest BCUT2D eigenvalue weighted by Gasteiger charge is -2.00. The molecule has 0 amide bonds. The van der Waals surface area contributed by atoms with E-state index in [0.29, 0.717) is 17.8 Å². The van der Waals surface area contributed by atoms with E-state index in [-0.39, 0.29) is 0 Å². The van der Waals surface area contributed by atoms with Gasteiger partial charge >= 0.3 is 0 Å². The number of hydrogen-bond acceptors (Lipinski definition) is 2. The largest absolute Gasteiger partial charge is 0.324 e. The summed E-state index contributed by atoms with van der Waals surface area (Å²) in [7, 11) is 3.67. The summed E-state index contributed by atoms with van der Waals surface area (Å²) in [5.41, 5.74) is 1.14. The summed E-state index contributed by atoms with van der Waals surface area (Å²) in [6.45, 7) is 0.596. The number of aromatic nitrogens is 2. The summed E-state index contributed by atoms with van der Waals surface area (Å²) in [5, 5.41) is 3.00. The normalized spacial score (nSPS) is 10.9. The molecule has 6 heteroatoms. The Morgan fingerprint density at radius 3 is 2.67 bits per heavy atom. The van der Waals surface area contributed by atoms with Gasteiger partial charge < -0.3 is 9.88 Å². The van der Waals surface area contributed by atoms with Crippen LogP contribution in [0, 0.1) is 11.6 Å². The highest BCUT2D eigenvalue weighted by Gasteiger charge is 2.15. The lowest BCUT2D eigenvalue weighted by atomic mass is 10.1. The van der Waals surface area contributed by atoms with Gasteiger partial charge in [-0.25, -0.2) is 13.8 Å². The van der Waals surface area contributed by atoms with Crippen LogP contribution >= 0.6 is 15.9 Å². The Morgan fingerprint density at radius 1 is 1.33 bits per heavy atom. The summed E-state index contributed by atoms with van der Waals surface area (Å²) in [4.78, 5) is 4.40. The minimum Gasteiger partial charge on any atom is -0.324 e. The Labute approximate surface area is 112 Å². The molecule has 0 atom stereocenters. The number of halogens is 3. The molecule has 0 aliphatic carbocycles. The van der Waals surface area contributed by atoms with Crippen molar-refractivity contribution in [1.82, 2.24) is 14.9 Å². The van der Waals surface area contributed by atoms with Crippen LogP contribution < -0.4 is 5.32 Å². The van der Waals surface area contributed by atoms with Crippen molar-refractivity contribution in [2.45, 2.75) is 6.54 Å². The van der Waals surface area contributed by atoms with Crippen LogP contribution in [0.4, 0.5) is 8.78 Å². The molecule has 0 aliphatic heterocycles. The van der Waals surface area contributed by atoms with Crippen molar-refractivity contribution in [2.24, 2.45) is 7.05 Å². The number of rotatable bonds is 3. The molecule has 1 heterocycles. The molecule has 0 spiro atoms. The Morgan fingerprint density at radius 2 is 2.06 bits per heavy atom. The van der Waals surface area contributed by atoms with Gasteiger partial charge in [-0.2, -0.15) is 0 Å². The third-order valence-electron chi connectivity index (χ3n) is 2.65. The van der Waals surface area contributed by atoms with Crippen molar-refractivity contribution in [2.75, 3.05) is 7.05 Å². The topological polar surface area (TPSA) is 29.9 Å². The molecule has 18 heavy (non-hydrogen) atoms. The second-order valence-electron chi connectivity index (χ2n) is 3.89. The highest BCUT2D eigenvalue weighted by Crippen LogP contribution is 2.29. The van der Waals surface area contributed by atoms with Crippen LogP contribution in [-0.2, 0) is 13.6 Å². The molecule has 0 radical (unpaired) electrons. The maximum absolute atomic E-state index is 13.2. The minimum absolute atomic E-state index is 0.540. The van der Waals surface area contributed by atoms with Crippen LogP contribution in [0.5, 0.6) is 0 Å². The average molecular weight is 316 g/mol. The van der Waals surface area contributed by atoms with Gasteiger partial charge in [0.05, 0.1) is 6.54 Å². The quantitative estimate of drug-likeness (QED) is 0.944. The smallest absolute Gasteiger partial charge is 0.159 e. The second kappa shape index (κ2) is 5.16. The average Bonchev–Trinajstić information content (AvgIpc) is 2.62. The molecule has 1 N–H and O–H groups in total. The minimum atomic E-state index is -0.875. The van der Waals surface area contributed by atoms with Crippen molar-refractivity contribution in [1.29, 1.82) is 0 Å². The van der Waals surface area contributed by atoms with Gasteiger partial charge in [-0.15, -0.1) is 0 Å². The second-order valence-corrected chi connectivity index (χ2v) is 4.64. The van der Waals surface area contributed by atoms with Crippen molar-refractivity contribution < 1.29 is 8.78 Å². The van der Waals surface area contributed by atoms with Crippen LogP contribution in [0.15, 0.2) is 22.8 Å². The van der Waals surface area contributed by atoms with Crippen molar-refractivity contribution in [3.8, 4) is 11.3 Å². The van der Waals surface area contributed by atoms with Crippen LogP contribution in [0.2, 0.25) is 0 Å². The molecule has 2 aromatic rings. The van der Waals surface area contributed by atoms with Gasteiger partial charge in [-0.3, -0.25) is 0 Å². The van der Waals surface area contributed by atoms with Crippen LogP contribution in [0.25, 0.3) is 11.3 Å². The van der Waals surface area contributed by atoms with Crippen LogP contribution in [0.1, 0.15) is 5.82 Å². The van der Waals surface area contributed by atoms with Gasteiger partial charge in [-0.1, -0.05) is 0 Å². The van der Waals surface area contributed by atoms with Crippen molar-refractivity contribution in [3.05, 3.63) is 40.3 Å². The van der Waals surface area contributed by atoms with Gasteiger partial charge in [0.15, 0.2) is 11.6 Å². The lowest BCUT2D eigenvalue weighted by Crippen LogP contribution is -2.10. The lowest BCUT2D eigenvalue weighted by molar-refractivity contribution is 0.509. The first-order chi connectivity index (χ1) is 8.54. The van der Waals surface area contributed by atoms with E-state index in [1.54, 1.807) is 0 Å². The monoisotopic (exact) mass is 315 g/mol. The molecule has 96 valence electrons. The third-order valence-corrected chi connectivity index (χ3v) is 3.55. The Bertz CT molecular complexity index is 581. The zero-order chi connectivity index (χ0) is 13.3. The summed E-state index contributed by atoms with van der Waals surface area (Å²) >= 11 is 3.41. The van der Waals surface area contributed by atoms with E-state index in [1.165, 1.54) is 6.07 Å². The van der Waals surface area contributed by atoms with Gasteiger partial charge in [0.2, 0.25) is 0 Å². The molecule has 0 unspecified atom stereocenters. The predicted molar refractivity (Wildman–Crippen MR) is 69.0 cm³/mol. The zero-order valence-corrected chi connectivity index (χ0v) is 11.6. The van der Waals surface area contributed by atoms with Gasteiger partial charge in [0.1, 0.15) is 16.1 Å². The molecular weight excluding hydrogens is 304 g/mol. The van der Waals surface area contributed by atoms with E-state index in [2.05, 4.69) is 26.2 Å². The summed E-state index contributed by atoms with van der Waals surface area (Å²) in [6, 6.07) is 3.75. The maximum atomic E-state index is 13.2. The number of imidazole rings is 1. The fourth-order valence-corrected chi connectivity index (χ4v) is 2.19.